The first-order valence-corrected chi connectivity index (χ1v) is 5.42. The molecule has 0 aliphatic rings. The van der Waals surface area contributed by atoms with E-state index < -0.39 is 5.97 Å². The van der Waals surface area contributed by atoms with Crippen molar-refractivity contribution in [1.29, 1.82) is 0 Å². The van der Waals surface area contributed by atoms with Crippen LogP contribution in [0.4, 0.5) is 5.69 Å². The standard InChI is InChI=1S/C11H13NO4S/c1-15-9-4-3-7(11(14)16-2)5-8(9)12-10(13)6-17/h3-5,17H,6H2,1-2H3,(H,12,13). The lowest BCUT2D eigenvalue weighted by Gasteiger charge is -2.10. The Kier molecular flexibility index (Phi) is 4.84. The molecule has 0 aromatic heterocycles. The zero-order valence-corrected chi connectivity index (χ0v) is 10.4. The van der Waals surface area contributed by atoms with Gasteiger partial charge in [0.2, 0.25) is 5.91 Å². The van der Waals surface area contributed by atoms with Gasteiger partial charge >= 0.3 is 5.97 Å². The molecule has 0 aliphatic carbocycles. The van der Waals surface area contributed by atoms with Crippen LogP contribution >= 0.6 is 12.6 Å². The fourth-order valence-electron chi connectivity index (χ4n) is 1.24. The van der Waals surface area contributed by atoms with Gasteiger partial charge in [-0.1, -0.05) is 0 Å². The van der Waals surface area contributed by atoms with Crippen LogP contribution in [-0.2, 0) is 9.53 Å². The lowest BCUT2D eigenvalue weighted by molar-refractivity contribution is -0.113. The SMILES string of the molecule is COC(=O)c1ccc(OC)c(NC(=O)CS)c1. The molecule has 1 rings (SSSR count). The third-order valence-electron chi connectivity index (χ3n) is 2.04. The molecular formula is C11H13NO4S. The summed E-state index contributed by atoms with van der Waals surface area (Å²) in [6.07, 6.45) is 0. The molecule has 0 bridgehead atoms. The number of thiol groups is 1. The Morgan fingerprint density at radius 3 is 2.59 bits per heavy atom. The second-order valence-corrected chi connectivity index (χ2v) is 3.43. The van der Waals surface area contributed by atoms with E-state index in [1.807, 2.05) is 0 Å². The van der Waals surface area contributed by atoms with Gasteiger partial charge in [-0.15, -0.1) is 0 Å². The second-order valence-electron chi connectivity index (χ2n) is 3.11. The molecule has 0 spiro atoms. The van der Waals surface area contributed by atoms with Crippen molar-refractivity contribution in [3.8, 4) is 5.75 Å². The van der Waals surface area contributed by atoms with E-state index in [1.54, 1.807) is 12.1 Å². The van der Waals surface area contributed by atoms with Crippen LogP contribution in [0.25, 0.3) is 0 Å². The molecule has 0 fully saturated rings. The number of ether oxygens (including phenoxy) is 2. The smallest absolute Gasteiger partial charge is 0.337 e. The quantitative estimate of drug-likeness (QED) is 0.629. The highest BCUT2D eigenvalue weighted by molar-refractivity contribution is 7.81. The molecule has 1 aromatic carbocycles. The number of hydrogen-bond donors (Lipinski definition) is 2. The van der Waals surface area contributed by atoms with Gasteiger partial charge in [0.15, 0.2) is 0 Å². The summed E-state index contributed by atoms with van der Waals surface area (Å²) in [5, 5.41) is 2.58. The molecular weight excluding hydrogens is 242 g/mol. The molecule has 5 nitrogen and oxygen atoms in total. The van der Waals surface area contributed by atoms with Crippen molar-refractivity contribution in [1.82, 2.24) is 0 Å². The van der Waals surface area contributed by atoms with Crippen molar-refractivity contribution in [2.24, 2.45) is 0 Å². The summed E-state index contributed by atoms with van der Waals surface area (Å²) in [4.78, 5) is 22.6. The maximum atomic E-state index is 11.3. The van der Waals surface area contributed by atoms with Crippen LogP contribution in [-0.4, -0.2) is 31.8 Å². The van der Waals surface area contributed by atoms with Gasteiger partial charge in [-0.05, 0) is 18.2 Å². The lowest BCUT2D eigenvalue weighted by Crippen LogP contribution is -2.14. The van der Waals surface area contributed by atoms with Crippen molar-refractivity contribution >= 4 is 30.2 Å². The number of rotatable bonds is 4. The van der Waals surface area contributed by atoms with Crippen LogP contribution in [0.15, 0.2) is 18.2 Å². The molecule has 1 amide bonds. The summed E-state index contributed by atoms with van der Waals surface area (Å²) in [6, 6.07) is 4.63. The molecule has 0 atom stereocenters. The lowest BCUT2D eigenvalue weighted by atomic mass is 10.2. The number of benzene rings is 1. The Bertz CT molecular complexity index is 433. The Labute approximate surface area is 105 Å². The van der Waals surface area contributed by atoms with Crippen LogP contribution in [0, 0.1) is 0 Å². The number of hydrogen-bond acceptors (Lipinski definition) is 5. The molecule has 0 radical (unpaired) electrons. The van der Waals surface area contributed by atoms with Crippen molar-refractivity contribution in [2.45, 2.75) is 0 Å². The number of carbonyl (C=O) groups excluding carboxylic acids is 2. The molecule has 1 N–H and O–H groups in total. The number of carbonyl (C=O) groups is 2. The molecule has 0 saturated carbocycles. The van der Waals surface area contributed by atoms with Crippen LogP contribution in [0.5, 0.6) is 5.75 Å². The molecule has 0 heterocycles. The number of nitrogens with one attached hydrogen (secondary N) is 1. The van der Waals surface area contributed by atoms with E-state index >= 15 is 0 Å². The van der Waals surface area contributed by atoms with Crippen molar-refractivity contribution in [3.05, 3.63) is 23.8 Å². The number of esters is 1. The molecule has 1 aromatic rings. The van der Waals surface area contributed by atoms with Gasteiger partial charge in [-0.3, -0.25) is 4.79 Å². The van der Waals surface area contributed by atoms with Gasteiger partial charge in [0, 0.05) is 0 Å². The largest absolute Gasteiger partial charge is 0.495 e. The van der Waals surface area contributed by atoms with Gasteiger partial charge in [0.05, 0.1) is 31.2 Å². The summed E-state index contributed by atoms with van der Waals surface area (Å²) in [5.74, 6) is -0.249. The minimum Gasteiger partial charge on any atom is -0.495 e. The second kappa shape index (κ2) is 6.15. The predicted molar refractivity (Wildman–Crippen MR) is 66.8 cm³/mol. The average Bonchev–Trinajstić information content (AvgIpc) is 2.37. The molecule has 0 unspecified atom stereocenters. The fraction of sp³-hybridized carbons (Fsp3) is 0.273. The van der Waals surface area contributed by atoms with E-state index in [0.717, 1.165) is 0 Å². The van der Waals surface area contributed by atoms with Crippen LogP contribution < -0.4 is 10.1 Å². The topological polar surface area (TPSA) is 64.6 Å². The normalized spacial score (nSPS) is 9.59. The first-order valence-electron chi connectivity index (χ1n) is 4.79. The Hall–Kier alpha value is -1.69. The van der Waals surface area contributed by atoms with Crippen LogP contribution in [0.3, 0.4) is 0 Å². The van der Waals surface area contributed by atoms with E-state index in [4.69, 9.17) is 4.74 Å². The van der Waals surface area contributed by atoms with Crippen molar-refractivity contribution in [3.63, 3.8) is 0 Å². The Morgan fingerprint density at radius 2 is 2.06 bits per heavy atom. The van der Waals surface area contributed by atoms with Crippen molar-refractivity contribution in [2.75, 3.05) is 25.3 Å². The van der Waals surface area contributed by atoms with Gasteiger partial charge in [0.25, 0.3) is 0 Å². The first kappa shape index (κ1) is 13.4. The maximum absolute atomic E-state index is 11.3. The fourth-order valence-corrected chi connectivity index (χ4v) is 1.32. The summed E-state index contributed by atoms with van der Waals surface area (Å²) in [6.45, 7) is 0. The third kappa shape index (κ3) is 3.39. The summed E-state index contributed by atoms with van der Waals surface area (Å²) in [5.41, 5.74) is 0.747. The molecule has 0 saturated heterocycles. The molecule has 17 heavy (non-hydrogen) atoms. The number of amides is 1. The maximum Gasteiger partial charge on any atom is 0.337 e. The van der Waals surface area contributed by atoms with Gasteiger partial charge in [-0.25, -0.2) is 4.79 Å². The van der Waals surface area contributed by atoms with E-state index in [-0.39, 0.29) is 11.7 Å². The van der Waals surface area contributed by atoms with Gasteiger partial charge in [0.1, 0.15) is 5.75 Å². The summed E-state index contributed by atoms with van der Waals surface area (Å²) < 4.78 is 9.66. The minimum atomic E-state index is -0.478. The monoisotopic (exact) mass is 255 g/mol. The molecule has 0 aliphatic heterocycles. The number of anilines is 1. The summed E-state index contributed by atoms with van der Waals surface area (Å²) >= 11 is 3.85. The van der Waals surface area contributed by atoms with E-state index in [9.17, 15) is 9.59 Å². The van der Waals surface area contributed by atoms with Gasteiger partial charge < -0.3 is 14.8 Å². The summed E-state index contributed by atoms with van der Waals surface area (Å²) in [7, 11) is 2.77. The van der Waals surface area contributed by atoms with Crippen LogP contribution in [0.1, 0.15) is 10.4 Å². The van der Waals surface area contributed by atoms with E-state index in [2.05, 4.69) is 22.7 Å². The zero-order chi connectivity index (χ0) is 12.8. The van der Waals surface area contributed by atoms with Crippen LogP contribution in [0.2, 0.25) is 0 Å². The molecule has 92 valence electrons. The Morgan fingerprint density at radius 1 is 1.35 bits per heavy atom. The number of methoxy groups -OCH3 is 2. The predicted octanol–water partition coefficient (Wildman–Crippen LogP) is 1.35. The highest BCUT2D eigenvalue weighted by atomic mass is 32.1. The van der Waals surface area contributed by atoms with Gasteiger partial charge in [-0.2, -0.15) is 12.6 Å². The molecule has 6 heteroatoms. The highest BCUT2D eigenvalue weighted by Gasteiger charge is 2.11. The van der Waals surface area contributed by atoms with E-state index in [0.29, 0.717) is 17.0 Å². The van der Waals surface area contributed by atoms with Crippen molar-refractivity contribution < 1.29 is 19.1 Å². The third-order valence-corrected chi connectivity index (χ3v) is 2.33. The average molecular weight is 255 g/mol. The minimum absolute atomic E-state index is 0.0472. The highest BCUT2D eigenvalue weighted by Crippen LogP contribution is 2.25. The Balaban J connectivity index is 3.06. The first-order chi connectivity index (χ1) is 8.12. The van der Waals surface area contributed by atoms with E-state index in [1.165, 1.54) is 20.3 Å². The zero-order valence-electron chi connectivity index (χ0n) is 9.52.